The van der Waals surface area contributed by atoms with Gasteiger partial charge in [-0.25, -0.2) is 15.0 Å². The minimum Gasteiger partial charge on any atom is -0.208 e. The summed E-state index contributed by atoms with van der Waals surface area (Å²) in [5.74, 6) is 0.422. The third kappa shape index (κ3) is 4.90. The van der Waals surface area contributed by atoms with E-state index in [0.717, 1.165) is 31.5 Å². The molecule has 0 fully saturated rings. The molecule has 50 heavy (non-hydrogen) atoms. The van der Waals surface area contributed by atoms with Crippen molar-refractivity contribution in [3.8, 4) is 56.4 Å². The summed E-state index contributed by atoms with van der Waals surface area (Å²) in [6.07, 6.45) is 0. The lowest BCUT2D eigenvalue weighted by Gasteiger charge is -2.09. The van der Waals surface area contributed by atoms with Crippen molar-refractivity contribution < 1.29 is 20.6 Å². The summed E-state index contributed by atoms with van der Waals surface area (Å²) in [4.78, 5) is 14.6. The highest BCUT2D eigenvalue weighted by Crippen LogP contribution is 2.43. The summed E-state index contributed by atoms with van der Waals surface area (Å²) >= 11 is 2.43. The minimum atomic E-state index is -0.779. The highest BCUT2D eigenvalue weighted by Gasteiger charge is 2.18. The van der Waals surface area contributed by atoms with E-state index in [1.54, 1.807) is 11.3 Å². The molecule has 0 atom stereocenters. The van der Waals surface area contributed by atoms with Crippen molar-refractivity contribution >= 4 is 63.0 Å². The van der Waals surface area contributed by atoms with E-state index >= 15 is 0 Å². The zero-order valence-electron chi connectivity index (χ0n) is 40.6. The Hall–Kier alpha value is -6.01. The molecule has 0 spiro atoms. The molecule has 3 nitrogen and oxygen atoms in total. The van der Waals surface area contributed by atoms with Crippen LogP contribution in [0.2, 0.25) is 0 Å². The first-order valence-electron chi connectivity index (χ1n) is 22.9. The molecule has 7 aromatic carbocycles. The van der Waals surface area contributed by atoms with Gasteiger partial charge >= 0.3 is 0 Å². The van der Waals surface area contributed by atoms with Gasteiger partial charge in [0.05, 0.1) is 20.6 Å². The fourth-order valence-corrected chi connectivity index (χ4v) is 8.18. The number of hydrogen-bond acceptors (Lipinski definition) is 5. The summed E-state index contributed by atoms with van der Waals surface area (Å²) in [7, 11) is 0. The van der Waals surface area contributed by atoms with E-state index in [9.17, 15) is 4.11 Å². The molecule has 10 aromatic rings. The van der Waals surface area contributed by atoms with Crippen molar-refractivity contribution in [3.63, 3.8) is 0 Å². The number of rotatable bonds is 5. The number of benzene rings is 7. The van der Waals surface area contributed by atoms with Crippen LogP contribution >= 0.6 is 22.7 Å². The minimum absolute atomic E-state index is 0.0155. The van der Waals surface area contributed by atoms with E-state index in [2.05, 4.69) is 0 Å². The second kappa shape index (κ2) is 11.8. The molecule has 0 aliphatic rings. The van der Waals surface area contributed by atoms with E-state index < -0.39 is 101 Å². The molecule has 5 heteroatoms. The maximum atomic E-state index is 9.67. The summed E-state index contributed by atoms with van der Waals surface area (Å²) in [5, 5.41) is 1.72. The summed E-state index contributed by atoms with van der Waals surface area (Å²) < 4.78 is 135. The molecule has 0 saturated carbocycles. The number of thiophene rings is 2. The maximum Gasteiger partial charge on any atom is 0.164 e. The Labute approximate surface area is 317 Å². The second-order valence-corrected chi connectivity index (χ2v) is 13.3. The molecule has 0 saturated heterocycles. The highest BCUT2D eigenvalue weighted by molar-refractivity contribution is 7.26. The van der Waals surface area contributed by atoms with Crippen molar-refractivity contribution in [2.45, 2.75) is 0 Å². The zero-order chi connectivity index (χ0) is 46.1. The molecule has 10 rings (SSSR count). The fraction of sp³-hybridized carbons (Fsp3) is 0. The van der Waals surface area contributed by atoms with E-state index in [1.807, 2.05) is 72.8 Å². The van der Waals surface area contributed by atoms with Crippen LogP contribution in [-0.4, -0.2) is 15.0 Å². The van der Waals surface area contributed by atoms with Crippen LogP contribution in [0.3, 0.4) is 0 Å². The van der Waals surface area contributed by atoms with Gasteiger partial charge < -0.3 is 0 Å². The van der Waals surface area contributed by atoms with Gasteiger partial charge in [0.15, 0.2) is 17.5 Å². The van der Waals surface area contributed by atoms with Gasteiger partial charge in [-0.2, -0.15) is 0 Å². The van der Waals surface area contributed by atoms with E-state index in [-0.39, 0.29) is 54.8 Å². The van der Waals surface area contributed by atoms with Gasteiger partial charge in [0.2, 0.25) is 0 Å². The molecule has 0 aliphatic heterocycles. The van der Waals surface area contributed by atoms with Gasteiger partial charge in [-0.3, -0.25) is 0 Å². The van der Waals surface area contributed by atoms with Crippen LogP contribution in [-0.2, 0) is 0 Å². The number of nitrogens with zero attached hydrogens (tertiary/aromatic N) is 3. The van der Waals surface area contributed by atoms with Crippen LogP contribution in [0.25, 0.3) is 96.8 Å². The standard InChI is InChI=1S/C45H27N3S2/c1-3-11-28(12-4-1)29-21-23-30(24-22-29)33-16-9-17-35-34-26-25-32(27-40(34)50-42(33)35)44-46-43(31-13-5-2-6-14-31)47-45(48-44)37-18-10-20-39-41(37)36-15-7-8-19-38(36)49-39/h1-27H/i1D,3D,4D,9D,11D,12D,16D,17D,21D,22D,23D,24D,25D,26D,27D. The van der Waals surface area contributed by atoms with Crippen LogP contribution in [0.15, 0.2) is 163 Å². The Morgan fingerprint density at radius 3 is 1.96 bits per heavy atom. The van der Waals surface area contributed by atoms with E-state index in [1.165, 1.54) is 0 Å². The van der Waals surface area contributed by atoms with Crippen LogP contribution in [0.1, 0.15) is 20.6 Å². The topological polar surface area (TPSA) is 38.7 Å². The number of hydrogen-bond donors (Lipinski definition) is 0. The van der Waals surface area contributed by atoms with Crippen molar-refractivity contribution in [1.29, 1.82) is 0 Å². The SMILES string of the molecule is [2H]c1c([2H])c([2H])c(-c2c([2H])c([2H])c(-c3c([2H])c([2H])c([2H])c4c3sc3c([2H])c(-c5nc(-c6ccccc6)nc(-c6cccc7sc8ccccc8c67)n5)c([2H])c([2H])c34)c([2H])c2[2H])c([2H])c1[2H]. The predicted octanol–water partition coefficient (Wildman–Crippen LogP) is 12.9. The molecule has 0 amide bonds. The predicted molar refractivity (Wildman–Crippen MR) is 213 cm³/mol. The third-order valence-electron chi connectivity index (χ3n) is 8.22. The quantitative estimate of drug-likeness (QED) is 0.181. The molecule has 0 aliphatic carbocycles. The average molecular weight is 689 g/mol. The van der Waals surface area contributed by atoms with Crippen LogP contribution in [0.4, 0.5) is 0 Å². The van der Waals surface area contributed by atoms with Crippen molar-refractivity contribution in [2.24, 2.45) is 0 Å². The Kier molecular flexibility index (Phi) is 4.17. The van der Waals surface area contributed by atoms with Crippen molar-refractivity contribution in [1.82, 2.24) is 15.0 Å². The molecule has 0 radical (unpaired) electrons. The molecule has 3 heterocycles. The molecular weight excluding hydrogens is 647 g/mol. The normalized spacial score (nSPS) is 15.8. The summed E-state index contributed by atoms with van der Waals surface area (Å²) in [5.41, 5.74) is -0.716. The van der Waals surface area contributed by atoms with Gasteiger partial charge in [-0.15, -0.1) is 22.7 Å². The molecule has 0 unspecified atom stereocenters. The van der Waals surface area contributed by atoms with Gasteiger partial charge in [0.25, 0.3) is 0 Å². The fourth-order valence-electron chi connectivity index (χ4n) is 5.93. The van der Waals surface area contributed by atoms with Crippen LogP contribution in [0.5, 0.6) is 0 Å². The Morgan fingerprint density at radius 1 is 0.400 bits per heavy atom. The van der Waals surface area contributed by atoms with Crippen molar-refractivity contribution in [2.75, 3.05) is 0 Å². The van der Waals surface area contributed by atoms with Crippen molar-refractivity contribution in [3.05, 3.63) is 163 Å². The lowest BCUT2D eigenvalue weighted by molar-refractivity contribution is 1.08. The van der Waals surface area contributed by atoms with Gasteiger partial charge in [0, 0.05) is 57.0 Å². The first-order valence-corrected chi connectivity index (χ1v) is 17.0. The number of aromatic nitrogens is 3. The largest absolute Gasteiger partial charge is 0.208 e. The first kappa shape index (κ1) is 17.6. The highest BCUT2D eigenvalue weighted by atomic mass is 32.1. The second-order valence-electron chi connectivity index (χ2n) is 11.2. The third-order valence-corrected chi connectivity index (χ3v) is 10.5. The Bertz CT molecular complexity index is 3680. The first-order chi connectivity index (χ1) is 31.0. The average Bonchev–Trinajstić information content (AvgIpc) is 3.90. The number of fused-ring (bicyclic) bond motifs is 6. The van der Waals surface area contributed by atoms with Gasteiger partial charge in [-0.05, 0) is 40.4 Å². The zero-order valence-corrected chi connectivity index (χ0v) is 27.2. The van der Waals surface area contributed by atoms with Gasteiger partial charge in [0.1, 0.15) is 0 Å². The Balaban J connectivity index is 1.25. The van der Waals surface area contributed by atoms with Gasteiger partial charge in [-0.1, -0.05) is 145 Å². The monoisotopic (exact) mass is 688 g/mol. The van der Waals surface area contributed by atoms with Crippen LogP contribution < -0.4 is 0 Å². The molecule has 234 valence electrons. The summed E-state index contributed by atoms with van der Waals surface area (Å²) in [6, 6.07) is 13.1. The molecular formula is C45H27N3S2. The lowest BCUT2D eigenvalue weighted by Crippen LogP contribution is -2.00. The van der Waals surface area contributed by atoms with E-state index in [4.69, 9.17) is 31.4 Å². The summed E-state index contributed by atoms with van der Waals surface area (Å²) in [6.45, 7) is 0. The molecule has 3 aromatic heterocycles. The van der Waals surface area contributed by atoms with Crippen LogP contribution in [0, 0.1) is 0 Å². The smallest absolute Gasteiger partial charge is 0.164 e. The lowest BCUT2D eigenvalue weighted by atomic mass is 9.99. The molecule has 0 bridgehead atoms. The van der Waals surface area contributed by atoms with E-state index in [0.29, 0.717) is 11.1 Å². The molecule has 0 N–H and O–H groups in total. The Morgan fingerprint density at radius 2 is 1.10 bits per heavy atom. The maximum absolute atomic E-state index is 9.67.